The second-order valence-corrected chi connectivity index (χ2v) is 8.43. The number of carbonyl (C=O) groups is 1. The fourth-order valence-electron chi connectivity index (χ4n) is 3.19. The van der Waals surface area contributed by atoms with E-state index in [1.54, 1.807) is 39.0 Å². The van der Waals surface area contributed by atoms with Crippen LogP contribution in [-0.2, 0) is 11.3 Å². The van der Waals surface area contributed by atoms with Gasteiger partial charge in [-0.05, 0) is 38.5 Å². The van der Waals surface area contributed by atoms with Crippen molar-refractivity contribution >= 4 is 6.09 Å². The molecule has 0 bridgehead atoms. The SMILES string of the molecule is CC(C)(C)OC(=O)N1CCC(Oc2cc(OCc3ccccc3)ccc2C#N)C(F)C1. The summed E-state index contributed by atoms with van der Waals surface area (Å²) in [6.07, 6.45) is -2.42. The molecule has 1 saturated heterocycles. The predicted molar refractivity (Wildman–Crippen MR) is 114 cm³/mol. The maximum absolute atomic E-state index is 14.8. The van der Waals surface area contributed by atoms with Gasteiger partial charge in [-0.3, -0.25) is 0 Å². The highest BCUT2D eigenvalue weighted by atomic mass is 19.1. The molecule has 1 fully saturated rings. The lowest BCUT2D eigenvalue weighted by atomic mass is 10.1. The molecule has 3 rings (SSSR count). The van der Waals surface area contributed by atoms with Gasteiger partial charge in [-0.25, -0.2) is 9.18 Å². The Morgan fingerprint density at radius 3 is 2.61 bits per heavy atom. The van der Waals surface area contributed by atoms with E-state index >= 15 is 0 Å². The van der Waals surface area contributed by atoms with Gasteiger partial charge in [0.15, 0.2) is 6.17 Å². The number of hydrogen-bond donors (Lipinski definition) is 0. The lowest BCUT2D eigenvalue weighted by Gasteiger charge is -2.35. The number of alkyl halides is 1. The molecule has 2 unspecified atom stereocenters. The number of nitriles is 1. The molecule has 0 N–H and O–H groups in total. The van der Waals surface area contributed by atoms with Crippen LogP contribution in [0.2, 0.25) is 0 Å². The Kier molecular flexibility index (Phi) is 7.01. The zero-order chi connectivity index (χ0) is 22.4. The molecule has 1 aliphatic rings. The van der Waals surface area contributed by atoms with E-state index < -0.39 is 24.0 Å². The molecule has 1 heterocycles. The van der Waals surface area contributed by atoms with Crippen LogP contribution in [0, 0.1) is 11.3 Å². The lowest BCUT2D eigenvalue weighted by molar-refractivity contribution is -0.0106. The summed E-state index contributed by atoms with van der Waals surface area (Å²) in [4.78, 5) is 13.5. The van der Waals surface area contributed by atoms with Crippen molar-refractivity contribution in [1.29, 1.82) is 5.26 Å². The molecule has 2 aromatic carbocycles. The number of amides is 1. The highest BCUT2D eigenvalue weighted by molar-refractivity contribution is 5.68. The van der Waals surface area contributed by atoms with Crippen LogP contribution in [0.25, 0.3) is 0 Å². The summed E-state index contributed by atoms with van der Waals surface area (Å²) in [5, 5.41) is 9.40. The Morgan fingerprint density at radius 1 is 1.23 bits per heavy atom. The molecule has 1 aliphatic heterocycles. The van der Waals surface area contributed by atoms with E-state index in [1.165, 1.54) is 4.90 Å². The third-order valence-corrected chi connectivity index (χ3v) is 4.73. The minimum atomic E-state index is -1.40. The Labute approximate surface area is 182 Å². The highest BCUT2D eigenvalue weighted by Crippen LogP contribution is 2.29. The number of carbonyl (C=O) groups excluding carboxylic acids is 1. The standard InChI is InChI=1S/C24H27FN2O4/c1-24(2,3)31-23(28)27-12-11-21(20(25)15-27)30-22-13-19(10-9-18(22)14-26)29-16-17-7-5-4-6-8-17/h4-10,13,20-21H,11-12,15-16H2,1-3H3. The smallest absolute Gasteiger partial charge is 0.410 e. The van der Waals surface area contributed by atoms with Crippen molar-refractivity contribution < 1.29 is 23.4 Å². The molecule has 2 atom stereocenters. The molecule has 0 radical (unpaired) electrons. The van der Waals surface area contributed by atoms with Crippen molar-refractivity contribution in [1.82, 2.24) is 4.90 Å². The monoisotopic (exact) mass is 426 g/mol. The van der Waals surface area contributed by atoms with E-state index in [0.29, 0.717) is 30.9 Å². The number of benzene rings is 2. The first-order valence-electron chi connectivity index (χ1n) is 10.2. The second-order valence-electron chi connectivity index (χ2n) is 8.43. The summed E-state index contributed by atoms with van der Waals surface area (Å²) in [6.45, 7) is 5.86. The number of nitrogens with zero attached hydrogens (tertiary/aromatic N) is 2. The molecule has 6 nitrogen and oxygen atoms in total. The summed E-state index contributed by atoms with van der Waals surface area (Å²) >= 11 is 0. The van der Waals surface area contributed by atoms with Crippen LogP contribution in [0.4, 0.5) is 9.18 Å². The molecule has 0 aromatic heterocycles. The molecular weight excluding hydrogens is 399 g/mol. The molecule has 7 heteroatoms. The van der Waals surface area contributed by atoms with Crippen LogP contribution in [0.1, 0.15) is 38.3 Å². The van der Waals surface area contributed by atoms with Gasteiger partial charge in [0, 0.05) is 19.0 Å². The topological polar surface area (TPSA) is 71.8 Å². The van der Waals surface area contributed by atoms with Gasteiger partial charge in [0.1, 0.15) is 35.9 Å². The average Bonchev–Trinajstić information content (AvgIpc) is 2.73. The largest absolute Gasteiger partial charge is 0.489 e. The van der Waals surface area contributed by atoms with Crippen molar-refractivity contribution in [2.75, 3.05) is 13.1 Å². The van der Waals surface area contributed by atoms with Crippen molar-refractivity contribution in [2.24, 2.45) is 0 Å². The van der Waals surface area contributed by atoms with Gasteiger partial charge in [-0.2, -0.15) is 5.26 Å². The van der Waals surface area contributed by atoms with Gasteiger partial charge in [-0.1, -0.05) is 30.3 Å². The number of rotatable bonds is 5. The number of likely N-dealkylation sites (tertiary alicyclic amines) is 1. The Morgan fingerprint density at radius 2 is 1.97 bits per heavy atom. The summed E-state index contributed by atoms with van der Waals surface area (Å²) in [5.41, 5.74) is 0.666. The molecular formula is C24H27FN2O4. The highest BCUT2D eigenvalue weighted by Gasteiger charge is 2.35. The molecule has 164 valence electrons. The van der Waals surface area contributed by atoms with Gasteiger partial charge in [0.2, 0.25) is 0 Å². The lowest BCUT2D eigenvalue weighted by Crippen LogP contribution is -2.50. The summed E-state index contributed by atoms with van der Waals surface area (Å²) < 4.78 is 31.8. The Hall–Kier alpha value is -3.27. The van der Waals surface area contributed by atoms with Crippen molar-refractivity contribution in [3.8, 4) is 17.6 Å². The van der Waals surface area contributed by atoms with Crippen LogP contribution in [0.5, 0.6) is 11.5 Å². The fraction of sp³-hybridized carbons (Fsp3) is 0.417. The van der Waals surface area contributed by atoms with E-state index in [0.717, 1.165) is 5.56 Å². The summed E-state index contributed by atoms with van der Waals surface area (Å²) in [7, 11) is 0. The van der Waals surface area contributed by atoms with Gasteiger partial charge < -0.3 is 19.1 Å². The number of piperidine rings is 1. The average molecular weight is 426 g/mol. The first kappa shape index (κ1) is 22.4. The maximum atomic E-state index is 14.8. The van der Waals surface area contributed by atoms with Crippen molar-refractivity contribution in [3.05, 3.63) is 59.7 Å². The predicted octanol–water partition coefficient (Wildman–Crippen LogP) is 4.86. The van der Waals surface area contributed by atoms with Gasteiger partial charge in [-0.15, -0.1) is 0 Å². The first-order chi connectivity index (χ1) is 14.7. The quantitative estimate of drug-likeness (QED) is 0.683. The van der Waals surface area contributed by atoms with Crippen LogP contribution in [0.3, 0.4) is 0 Å². The Balaban J connectivity index is 1.63. The molecule has 0 saturated carbocycles. The molecule has 2 aromatic rings. The number of hydrogen-bond acceptors (Lipinski definition) is 5. The second kappa shape index (κ2) is 9.69. The van der Waals surface area contributed by atoms with Crippen LogP contribution in [0.15, 0.2) is 48.5 Å². The molecule has 31 heavy (non-hydrogen) atoms. The van der Waals surface area contributed by atoms with Crippen molar-refractivity contribution in [3.63, 3.8) is 0 Å². The summed E-state index contributed by atoms with van der Waals surface area (Å²) in [5.74, 6) is 0.797. The molecule has 1 amide bonds. The minimum Gasteiger partial charge on any atom is -0.489 e. The van der Waals surface area contributed by atoms with Gasteiger partial charge in [0.05, 0.1) is 12.1 Å². The van der Waals surface area contributed by atoms with Gasteiger partial charge >= 0.3 is 6.09 Å². The maximum Gasteiger partial charge on any atom is 0.410 e. The van der Waals surface area contributed by atoms with E-state index in [4.69, 9.17) is 14.2 Å². The Bertz CT molecular complexity index is 937. The zero-order valence-corrected chi connectivity index (χ0v) is 18.0. The normalized spacial score (nSPS) is 18.7. The van der Waals surface area contributed by atoms with E-state index in [2.05, 4.69) is 6.07 Å². The zero-order valence-electron chi connectivity index (χ0n) is 18.0. The molecule has 0 aliphatic carbocycles. The minimum absolute atomic E-state index is 0.119. The van der Waals surface area contributed by atoms with Crippen LogP contribution in [-0.4, -0.2) is 42.0 Å². The van der Waals surface area contributed by atoms with E-state index in [1.807, 2.05) is 30.3 Å². The molecule has 0 spiro atoms. The van der Waals surface area contributed by atoms with E-state index in [9.17, 15) is 14.4 Å². The third kappa shape index (κ3) is 6.35. The van der Waals surface area contributed by atoms with Crippen molar-refractivity contribution in [2.45, 2.75) is 51.7 Å². The van der Waals surface area contributed by atoms with Crippen LogP contribution >= 0.6 is 0 Å². The van der Waals surface area contributed by atoms with Crippen LogP contribution < -0.4 is 9.47 Å². The van der Waals surface area contributed by atoms with E-state index in [-0.39, 0.29) is 12.3 Å². The summed E-state index contributed by atoms with van der Waals surface area (Å²) in [6, 6.07) is 16.6. The van der Waals surface area contributed by atoms with Gasteiger partial charge in [0.25, 0.3) is 0 Å². The fourth-order valence-corrected chi connectivity index (χ4v) is 3.19. The first-order valence-corrected chi connectivity index (χ1v) is 10.2. The third-order valence-electron chi connectivity index (χ3n) is 4.73. The number of halogens is 1. The number of ether oxygens (including phenoxy) is 3.